The van der Waals surface area contributed by atoms with E-state index in [2.05, 4.69) is 17.1 Å². The number of carbonyl (C=O) groups is 1. The highest BCUT2D eigenvalue weighted by Crippen LogP contribution is 2.26. The van der Waals surface area contributed by atoms with Crippen LogP contribution < -0.4 is 5.32 Å². The normalized spacial score (nSPS) is 28.7. The van der Waals surface area contributed by atoms with Crippen molar-refractivity contribution in [2.24, 2.45) is 0 Å². The molecule has 1 unspecified atom stereocenters. The number of likely N-dealkylation sites (tertiary alicyclic amines) is 1. The summed E-state index contributed by atoms with van der Waals surface area (Å²) in [5.74, 6) is 0.351. The van der Waals surface area contributed by atoms with Gasteiger partial charge in [0.1, 0.15) is 0 Å². The van der Waals surface area contributed by atoms with Crippen LogP contribution in [0, 0.1) is 0 Å². The molecule has 86 valence electrons. The highest BCUT2D eigenvalue weighted by atomic mass is 16.2. The first-order valence-electron chi connectivity index (χ1n) is 6.36. The second-order valence-electron chi connectivity index (χ2n) is 4.72. The van der Waals surface area contributed by atoms with E-state index in [4.69, 9.17) is 0 Å². The molecule has 1 aliphatic heterocycles. The number of carbonyl (C=O) groups excluding carboxylic acids is 1. The summed E-state index contributed by atoms with van der Waals surface area (Å²) in [6.45, 7) is 3.94. The first-order chi connectivity index (χ1) is 7.33. The van der Waals surface area contributed by atoms with Gasteiger partial charge in [-0.1, -0.05) is 26.2 Å². The van der Waals surface area contributed by atoms with Crippen molar-refractivity contribution in [3.05, 3.63) is 0 Å². The third-order valence-corrected chi connectivity index (χ3v) is 3.71. The van der Waals surface area contributed by atoms with Crippen LogP contribution in [0.4, 0.5) is 0 Å². The molecule has 1 atom stereocenters. The van der Waals surface area contributed by atoms with Crippen LogP contribution in [0.2, 0.25) is 0 Å². The third-order valence-electron chi connectivity index (χ3n) is 3.71. The number of hydrogen-bond donors (Lipinski definition) is 1. The monoisotopic (exact) mass is 210 g/mol. The van der Waals surface area contributed by atoms with Gasteiger partial charge >= 0.3 is 0 Å². The van der Waals surface area contributed by atoms with Crippen LogP contribution >= 0.6 is 0 Å². The largest absolute Gasteiger partial charge is 0.338 e. The molecule has 1 heterocycles. The summed E-state index contributed by atoms with van der Waals surface area (Å²) in [5.41, 5.74) is 0. The lowest BCUT2D eigenvalue weighted by molar-refractivity contribution is -0.131. The summed E-state index contributed by atoms with van der Waals surface area (Å²) in [7, 11) is 0. The average molecular weight is 210 g/mol. The number of nitrogens with zero attached hydrogens (tertiary/aromatic N) is 1. The van der Waals surface area contributed by atoms with Gasteiger partial charge in [0.05, 0.1) is 6.04 Å². The Hall–Kier alpha value is -0.570. The molecule has 3 heteroatoms. The molecule has 1 amide bonds. The zero-order valence-electron chi connectivity index (χ0n) is 9.67. The smallest absolute Gasteiger partial charge is 0.240 e. The Kier molecular flexibility index (Phi) is 3.62. The van der Waals surface area contributed by atoms with E-state index >= 15 is 0 Å². The van der Waals surface area contributed by atoms with Crippen molar-refractivity contribution >= 4 is 5.91 Å². The van der Waals surface area contributed by atoms with E-state index in [0.717, 1.165) is 19.5 Å². The van der Waals surface area contributed by atoms with Gasteiger partial charge in [0.2, 0.25) is 5.91 Å². The van der Waals surface area contributed by atoms with E-state index in [1.165, 1.54) is 32.1 Å². The molecule has 3 nitrogen and oxygen atoms in total. The quantitative estimate of drug-likeness (QED) is 0.766. The van der Waals surface area contributed by atoms with E-state index in [0.29, 0.717) is 11.9 Å². The highest BCUT2D eigenvalue weighted by Gasteiger charge is 2.35. The summed E-state index contributed by atoms with van der Waals surface area (Å²) in [5, 5.41) is 3.27. The van der Waals surface area contributed by atoms with Gasteiger partial charge in [-0.15, -0.1) is 0 Å². The first-order valence-corrected chi connectivity index (χ1v) is 6.36. The molecule has 0 aromatic heterocycles. The summed E-state index contributed by atoms with van der Waals surface area (Å²) in [6, 6.07) is 0.659. The van der Waals surface area contributed by atoms with Gasteiger partial charge < -0.3 is 10.2 Å². The molecular weight excluding hydrogens is 188 g/mol. The molecule has 1 saturated heterocycles. The molecule has 0 aromatic rings. The summed E-state index contributed by atoms with van der Waals surface area (Å²) in [4.78, 5) is 14.2. The molecule has 1 aliphatic carbocycles. The SMILES string of the molecule is CCNC1CCN(C2CCCCC2)C1=O. The Morgan fingerprint density at radius 1 is 1.27 bits per heavy atom. The van der Waals surface area contributed by atoms with Crippen LogP contribution in [0.15, 0.2) is 0 Å². The molecular formula is C12H22N2O. The molecule has 2 fully saturated rings. The van der Waals surface area contributed by atoms with Crippen LogP contribution in [-0.2, 0) is 4.79 Å². The predicted octanol–water partition coefficient (Wildman–Crippen LogP) is 1.53. The first kappa shape index (κ1) is 10.9. The fraction of sp³-hybridized carbons (Fsp3) is 0.917. The number of amides is 1. The Labute approximate surface area is 92.2 Å². The predicted molar refractivity (Wildman–Crippen MR) is 60.7 cm³/mol. The van der Waals surface area contributed by atoms with Gasteiger partial charge in [0.25, 0.3) is 0 Å². The van der Waals surface area contributed by atoms with Crippen LogP contribution in [0.25, 0.3) is 0 Å². The zero-order valence-corrected chi connectivity index (χ0v) is 9.67. The molecule has 1 saturated carbocycles. The molecule has 1 N–H and O–H groups in total. The van der Waals surface area contributed by atoms with Crippen molar-refractivity contribution in [3.63, 3.8) is 0 Å². The topological polar surface area (TPSA) is 32.3 Å². The van der Waals surface area contributed by atoms with Crippen molar-refractivity contribution in [1.82, 2.24) is 10.2 Å². The minimum atomic E-state index is 0.108. The summed E-state index contributed by atoms with van der Waals surface area (Å²) in [6.07, 6.45) is 7.42. The molecule has 15 heavy (non-hydrogen) atoms. The average Bonchev–Trinajstić information content (AvgIpc) is 2.63. The lowest BCUT2D eigenvalue weighted by atomic mass is 9.94. The molecule has 0 radical (unpaired) electrons. The van der Waals surface area contributed by atoms with Gasteiger partial charge in [0.15, 0.2) is 0 Å². The maximum absolute atomic E-state index is 12.1. The van der Waals surface area contributed by atoms with Crippen LogP contribution in [0.1, 0.15) is 45.4 Å². The fourth-order valence-electron chi connectivity index (χ4n) is 2.89. The minimum Gasteiger partial charge on any atom is -0.338 e. The highest BCUT2D eigenvalue weighted by molar-refractivity contribution is 5.84. The Morgan fingerprint density at radius 2 is 2.00 bits per heavy atom. The van der Waals surface area contributed by atoms with Crippen molar-refractivity contribution in [2.75, 3.05) is 13.1 Å². The fourth-order valence-corrected chi connectivity index (χ4v) is 2.89. The van der Waals surface area contributed by atoms with Gasteiger partial charge in [0, 0.05) is 12.6 Å². The Morgan fingerprint density at radius 3 is 2.67 bits per heavy atom. The van der Waals surface area contributed by atoms with Crippen molar-refractivity contribution in [2.45, 2.75) is 57.5 Å². The van der Waals surface area contributed by atoms with Gasteiger partial charge in [-0.05, 0) is 25.8 Å². The second kappa shape index (κ2) is 4.97. The number of likely N-dealkylation sites (N-methyl/N-ethyl adjacent to an activating group) is 1. The van der Waals surface area contributed by atoms with Crippen molar-refractivity contribution in [3.8, 4) is 0 Å². The maximum Gasteiger partial charge on any atom is 0.240 e. The van der Waals surface area contributed by atoms with E-state index in [-0.39, 0.29) is 6.04 Å². The number of hydrogen-bond acceptors (Lipinski definition) is 2. The standard InChI is InChI=1S/C12H22N2O/c1-2-13-11-8-9-14(12(11)15)10-6-4-3-5-7-10/h10-11,13H,2-9H2,1H3. The zero-order chi connectivity index (χ0) is 10.7. The van der Waals surface area contributed by atoms with E-state index in [1.54, 1.807) is 0 Å². The molecule has 0 spiro atoms. The number of nitrogens with one attached hydrogen (secondary N) is 1. The van der Waals surface area contributed by atoms with Crippen molar-refractivity contribution < 1.29 is 4.79 Å². The Balaban J connectivity index is 1.90. The van der Waals surface area contributed by atoms with Crippen LogP contribution in [0.5, 0.6) is 0 Å². The van der Waals surface area contributed by atoms with Gasteiger partial charge in [-0.3, -0.25) is 4.79 Å². The van der Waals surface area contributed by atoms with Gasteiger partial charge in [-0.2, -0.15) is 0 Å². The molecule has 2 aliphatic rings. The van der Waals surface area contributed by atoms with E-state index in [9.17, 15) is 4.79 Å². The molecule has 0 bridgehead atoms. The second-order valence-corrected chi connectivity index (χ2v) is 4.72. The van der Waals surface area contributed by atoms with Crippen LogP contribution in [-0.4, -0.2) is 36.0 Å². The van der Waals surface area contributed by atoms with E-state index < -0.39 is 0 Å². The Bertz CT molecular complexity index is 224. The lowest BCUT2D eigenvalue weighted by Gasteiger charge is -2.31. The number of rotatable bonds is 3. The third kappa shape index (κ3) is 2.33. The van der Waals surface area contributed by atoms with Crippen LogP contribution in [0.3, 0.4) is 0 Å². The van der Waals surface area contributed by atoms with Gasteiger partial charge in [-0.25, -0.2) is 0 Å². The molecule has 0 aromatic carbocycles. The minimum absolute atomic E-state index is 0.108. The van der Waals surface area contributed by atoms with E-state index in [1.807, 2.05) is 0 Å². The summed E-state index contributed by atoms with van der Waals surface area (Å²) >= 11 is 0. The maximum atomic E-state index is 12.1. The molecule has 2 rings (SSSR count). The lowest BCUT2D eigenvalue weighted by Crippen LogP contribution is -2.43. The summed E-state index contributed by atoms with van der Waals surface area (Å²) < 4.78 is 0. The van der Waals surface area contributed by atoms with Crippen molar-refractivity contribution in [1.29, 1.82) is 0 Å².